The van der Waals surface area contributed by atoms with E-state index in [-0.39, 0.29) is 24.8 Å². The molecule has 0 aromatic carbocycles. The van der Waals surface area contributed by atoms with Gasteiger partial charge in [-0.1, -0.05) is 13.8 Å². The van der Waals surface area contributed by atoms with E-state index in [1.165, 1.54) is 19.8 Å². The third-order valence-corrected chi connectivity index (χ3v) is 9.34. The van der Waals surface area contributed by atoms with E-state index in [0.29, 0.717) is 35.5 Å². The van der Waals surface area contributed by atoms with Gasteiger partial charge in [0.2, 0.25) is 0 Å². The Hall–Kier alpha value is -4.79. The van der Waals surface area contributed by atoms with E-state index in [2.05, 4.69) is 38.8 Å². The van der Waals surface area contributed by atoms with Crippen molar-refractivity contribution in [1.82, 2.24) is 4.98 Å². The van der Waals surface area contributed by atoms with Crippen LogP contribution in [0.15, 0.2) is 83.4 Å². The fraction of sp³-hybridized carbons (Fsp3) is 0.378. The fourth-order valence-corrected chi connectivity index (χ4v) is 6.58. The number of nitrogens with one attached hydrogen (secondary N) is 1. The Bertz CT molecular complexity index is 1850. The maximum absolute atomic E-state index is 12.3. The van der Waals surface area contributed by atoms with Crippen molar-refractivity contribution < 1.29 is 24.2 Å². The van der Waals surface area contributed by atoms with Crippen LogP contribution in [0.4, 0.5) is 0 Å². The maximum atomic E-state index is 12.3. The van der Waals surface area contributed by atoms with E-state index in [1.54, 1.807) is 0 Å². The smallest absolute Gasteiger partial charge is 0.305 e. The van der Waals surface area contributed by atoms with Crippen LogP contribution < -0.4 is 0 Å². The first kappa shape index (κ1) is 32.6. The lowest BCUT2D eigenvalue weighted by Crippen LogP contribution is -2.17. The summed E-state index contributed by atoms with van der Waals surface area (Å²) in [6.45, 7) is 12.4. The van der Waals surface area contributed by atoms with Gasteiger partial charge in [0.25, 0.3) is 0 Å². The lowest BCUT2D eigenvalue weighted by atomic mass is 9.89. The quantitative estimate of drug-likeness (QED) is 0.229. The molecular weight excluding hydrogens is 580 g/mol. The highest BCUT2D eigenvalue weighted by Crippen LogP contribution is 2.39. The van der Waals surface area contributed by atoms with Crippen molar-refractivity contribution in [3.63, 3.8) is 0 Å². The van der Waals surface area contributed by atoms with E-state index < -0.39 is 0 Å². The molecule has 240 valence electrons. The van der Waals surface area contributed by atoms with Crippen LogP contribution in [-0.2, 0) is 25.5 Å². The summed E-state index contributed by atoms with van der Waals surface area (Å²) in [6, 6.07) is 0. The minimum atomic E-state index is -0.336. The number of esters is 2. The monoisotopic (exact) mass is 622 g/mol. The standard InChI is InChI=1S/C37H42N4O5/c1-9-23-19(3)28-15-30-21(5)25(11-13-34(43)45-7)36(40-30)27(18-42)37-26(12-14-35(44)46-8)22(6)31(41-37)17-33-24(10-2)20(4)29(39-33)16-32(23)38-28/h15-18,38,42H,9-14H2,1-8H3. The topological polar surface area (TPSA) is 126 Å². The van der Waals surface area contributed by atoms with Crippen molar-refractivity contribution in [2.75, 3.05) is 14.2 Å². The Balaban J connectivity index is 1.80. The SMILES string of the molecule is CCC1=C(C)C2=Cc3[nH]c(c(C)c3CC)C=C3N=C(C(=CO)C4=NC(=CC1=N2)C(C)=C4CCC(=O)OC)C(CCC(=O)OC)=C3C. The summed E-state index contributed by atoms with van der Waals surface area (Å²) in [4.78, 5) is 43.4. The summed E-state index contributed by atoms with van der Waals surface area (Å²) in [5.41, 5.74) is 14.6. The molecule has 5 rings (SSSR count). The van der Waals surface area contributed by atoms with Gasteiger partial charge in [-0.2, -0.15) is 0 Å². The largest absolute Gasteiger partial charge is 0.515 e. The van der Waals surface area contributed by atoms with E-state index in [0.717, 1.165) is 86.6 Å². The second kappa shape index (κ2) is 13.3. The normalized spacial score (nSPS) is 18.5. The number of fused-ring (bicyclic) bond motifs is 5. The van der Waals surface area contributed by atoms with Gasteiger partial charge in [0.1, 0.15) is 0 Å². The molecule has 0 unspecified atom stereocenters. The third kappa shape index (κ3) is 5.82. The number of carbonyl (C=O) groups excluding carboxylic acids is 2. The van der Waals surface area contributed by atoms with Gasteiger partial charge >= 0.3 is 11.9 Å². The summed E-state index contributed by atoms with van der Waals surface area (Å²) >= 11 is 0. The van der Waals surface area contributed by atoms with Crippen molar-refractivity contribution in [3.8, 4) is 0 Å². The molecule has 0 saturated heterocycles. The van der Waals surface area contributed by atoms with Crippen LogP contribution in [-0.4, -0.2) is 53.4 Å². The summed E-state index contributed by atoms with van der Waals surface area (Å²) in [7, 11) is 2.74. The molecule has 8 bridgehead atoms. The highest BCUT2D eigenvalue weighted by molar-refractivity contribution is 6.37. The molecule has 2 N–H and O–H groups in total. The maximum Gasteiger partial charge on any atom is 0.305 e. The first-order valence-electron chi connectivity index (χ1n) is 15.8. The van der Waals surface area contributed by atoms with Crippen LogP contribution in [0.3, 0.4) is 0 Å². The molecule has 46 heavy (non-hydrogen) atoms. The van der Waals surface area contributed by atoms with E-state index in [4.69, 9.17) is 24.5 Å². The molecular formula is C37H42N4O5. The highest BCUT2D eigenvalue weighted by atomic mass is 16.5. The molecule has 0 radical (unpaired) electrons. The third-order valence-electron chi connectivity index (χ3n) is 9.34. The highest BCUT2D eigenvalue weighted by Gasteiger charge is 2.33. The van der Waals surface area contributed by atoms with Crippen molar-refractivity contribution in [2.45, 2.75) is 80.1 Å². The van der Waals surface area contributed by atoms with Gasteiger partial charge in [0, 0.05) is 24.2 Å². The Morgan fingerprint density at radius 1 is 0.739 bits per heavy atom. The molecule has 1 aromatic heterocycles. The molecule has 4 aliphatic rings. The second-order valence-electron chi connectivity index (χ2n) is 11.8. The first-order valence-corrected chi connectivity index (χ1v) is 15.8. The van der Waals surface area contributed by atoms with Crippen LogP contribution in [0.5, 0.6) is 0 Å². The van der Waals surface area contributed by atoms with Gasteiger partial charge in [-0.05, 0) is 116 Å². The molecule has 1 aromatic rings. The number of aliphatic imine (C=N–C) groups is 3. The molecule has 9 nitrogen and oxygen atoms in total. The molecule has 9 heteroatoms. The van der Waals surface area contributed by atoms with Gasteiger partial charge in [0.15, 0.2) is 0 Å². The minimum Gasteiger partial charge on any atom is -0.515 e. The van der Waals surface area contributed by atoms with Gasteiger partial charge in [-0.3, -0.25) is 9.59 Å². The van der Waals surface area contributed by atoms with Crippen molar-refractivity contribution in [3.05, 3.63) is 91.0 Å². The van der Waals surface area contributed by atoms with Crippen LogP contribution in [0.1, 0.15) is 89.2 Å². The minimum absolute atomic E-state index is 0.150. The Morgan fingerprint density at radius 3 is 1.74 bits per heavy atom. The number of nitrogens with zero attached hydrogens (tertiary/aromatic N) is 3. The zero-order valence-electron chi connectivity index (χ0n) is 28.0. The average molecular weight is 623 g/mol. The zero-order valence-corrected chi connectivity index (χ0v) is 28.0. The number of aromatic nitrogens is 1. The molecule has 4 aliphatic heterocycles. The molecule has 0 spiro atoms. The van der Waals surface area contributed by atoms with Crippen LogP contribution >= 0.6 is 0 Å². The van der Waals surface area contributed by atoms with E-state index >= 15 is 0 Å². The van der Waals surface area contributed by atoms with Crippen molar-refractivity contribution in [1.29, 1.82) is 0 Å². The Labute approximate surface area is 270 Å². The summed E-state index contributed by atoms with van der Waals surface area (Å²) in [5.74, 6) is -0.670. The van der Waals surface area contributed by atoms with E-state index in [1.807, 2.05) is 26.0 Å². The van der Waals surface area contributed by atoms with Crippen molar-refractivity contribution in [2.24, 2.45) is 15.0 Å². The zero-order chi connectivity index (χ0) is 33.3. The molecule has 0 saturated carbocycles. The predicted octanol–water partition coefficient (Wildman–Crippen LogP) is 7.54. The Kier molecular flexibility index (Phi) is 9.42. The number of aliphatic hydroxyl groups excluding tert-OH is 1. The summed E-state index contributed by atoms with van der Waals surface area (Å²) in [5, 5.41) is 10.8. The molecule has 0 fully saturated rings. The number of H-pyrrole nitrogens is 1. The summed E-state index contributed by atoms with van der Waals surface area (Å²) in [6.07, 6.45) is 9.86. The number of aliphatic hydroxyl groups is 1. The number of ether oxygens (including phenoxy) is 2. The summed E-state index contributed by atoms with van der Waals surface area (Å²) < 4.78 is 9.90. The number of hydrogen-bond donors (Lipinski definition) is 2. The van der Waals surface area contributed by atoms with Gasteiger partial charge in [-0.25, -0.2) is 15.0 Å². The predicted molar refractivity (Wildman–Crippen MR) is 183 cm³/mol. The van der Waals surface area contributed by atoms with Gasteiger partial charge in [-0.15, -0.1) is 0 Å². The Morgan fingerprint density at radius 2 is 1.24 bits per heavy atom. The molecule has 0 aliphatic carbocycles. The van der Waals surface area contributed by atoms with Crippen LogP contribution in [0.25, 0.3) is 12.2 Å². The number of methoxy groups -OCH3 is 2. The number of rotatable bonds is 8. The van der Waals surface area contributed by atoms with Crippen LogP contribution in [0.2, 0.25) is 0 Å². The molecule has 5 heterocycles. The first-order chi connectivity index (χ1) is 22.1. The number of hydrogen-bond acceptors (Lipinski definition) is 8. The van der Waals surface area contributed by atoms with E-state index in [9.17, 15) is 14.7 Å². The lowest BCUT2D eigenvalue weighted by Gasteiger charge is -2.14. The van der Waals surface area contributed by atoms with Crippen molar-refractivity contribution >= 4 is 41.2 Å². The fourth-order valence-electron chi connectivity index (χ4n) is 6.58. The molecule has 0 atom stereocenters. The van der Waals surface area contributed by atoms with Gasteiger partial charge < -0.3 is 19.6 Å². The average Bonchev–Trinajstić information content (AvgIpc) is 3.72. The number of carbonyl (C=O) groups is 2. The van der Waals surface area contributed by atoms with Gasteiger partial charge in [0.05, 0.1) is 60.3 Å². The number of allylic oxidation sites excluding steroid dienone is 8. The lowest BCUT2D eigenvalue weighted by molar-refractivity contribution is -0.141. The second-order valence-corrected chi connectivity index (χ2v) is 11.8. The van der Waals surface area contributed by atoms with Crippen LogP contribution in [0, 0.1) is 6.92 Å². The number of aromatic amines is 1. The molecule has 0 amide bonds.